The van der Waals surface area contributed by atoms with Crippen molar-refractivity contribution >= 4 is 11.4 Å². The summed E-state index contributed by atoms with van der Waals surface area (Å²) >= 11 is 0. The zero-order valence-electron chi connectivity index (χ0n) is 12.2. The first-order chi connectivity index (χ1) is 9.92. The van der Waals surface area contributed by atoms with Gasteiger partial charge in [0.2, 0.25) is 0 Å². The Morgan fingerprint density at radius 2 is 1.90 bits per heavy atom. The van der Waals surface area contributed by atoms with Gasteiger partial charge in [0.05, 0.1) is 11.4 Å². The molecule has 3 nitrogen and oxygen atoms in total. The Kier molecular flexibility index (Phi) is 3.31. The molecule has 0 spiro atoms. The van der Waals surface area contributed by atoms with Gasteiger partial charge in [-0.2, -0.15) is 0 Å². The van der Waals surface area contributed by atoms with Gasteiger partial charge in [0.25, 0.3) is 0 Å². The quantitative estimate of drug-likeness (QED) is 0.911. The molecule has 108 valence electrons. The summed E-state index contributed by atoms with van der Waals surface area (Å²) in [4.78, 5) is 5.27. The molecular weight excluding hydrogens is 246 g/mol. The van der Waals surface area contributed by atoms with Gasteiger partial charge in [-0.15, -0.1) is 0 Å². The van der Waals surface area contributed by atoms with E-state index in [-0.39, 0.29) is 0 Å². The van der Waals surface area contributed by atoms with Gasteiger partial charge < -0.3 is 15.1 Å². The minimum absolute atomic E-state index is 0.823. The SMILES string of the molecule is c1ccc2c(c1)N(CC1CCCNC1)CCN2C1CC1. The first-order valence-electron chi connectivity index (χ1n) is 8.23. The predicted molar refractivity (Wildman–Crippen MR) is 84.6 cm³/mol. The Morgan fingerprint density at radius 1 is 1.05 bits per heavy atom. The van der Waals surface area contributed by atoms with Crippen LogP contribution in [0, 0.1) is 5.92 Å². The van der Waals surface area contributed by atoms with Gasteiger partial charge in [-0.3, -0.25) is 0 Å². The second-order valence-corrected chi connectivity index (χ2v) is 6.57. The highest BCUT2D eigenvalue weighted by Gasteiger charge is 2.34. The van der Waals surface area contributed by atoms with Crippen LogP contribution in [-0.2, 0) is 0 Å². The lowest BCUT2D eigenvalue weighted by atomic mass is 9.98. The molecule has 0 amide bonds. The highest BCUT2D eigenvalue weighted by molar-refractivity contribution is 5.74. The molecule has 2 aliphatic heterocycles. The molecule has 0 aromatic heterocycles. The Morgan fingerprint density at radius 3 is 2.65 bits per heavy atom. The lowest BCUT2D eigenvalue weighted by Crippen LogP contribution is -2.46. The van der Waals surface area contributed by atoms with E-state index in [0.717, 1.165) is 12.0 Å². The van der Waals surface area contributed by atoms with Gasteiger partial charge in [-0.25, -0.2) is 0 Å². The fraction of sp³-hybridized carbons (Fsp3) is 0.647. The largest absolute Gasteiger partial charge is 0.368 e. The molecule has 3 aliphatic rings. The highest BCUT2D eigenvalue weighted by atomic mass is 15.3. The summed E-state index contributed by atoms with van der Waals surface area (Å²) in [6.07, 6.45) is 5.51. The minimum atomic E-state index is 0.823. The van der Waals surface area contributed by atoms with Crippen molar-refractivity contribution in [1.29, 1.82) is 0 Å². The molecule has 3 heteroatoms. The molecule has 1 atom stereocenters. The van der Waals surface area contributed by atoms with Crippen LogP contribution >= 0.6 is 0 Å². The Bertz CT molecular complexity index is 463. The van der Waals surface area contributed by atoms with Crippen LogP contribution in [0.15, 0.2) is 24.3 Å². The molecule has 1 aliphatic carbocycles. The van der Waals surface area contributed by atoms with Crippen LogP contribution in [0.3, 0.4) is 0 Å². The number of rotatable bonds is 3. The molecule has 0 radical (unpaired) electrons. The third-order valence-corrected chi connectivity index (χ3v) is 5.01. The summed E-state index contributed by atoms with van der Waals surface area (Å²) in [5, 5.41) is 3.55. The van der Waals surface area contributed by atoms with Crippen molar-refractivity contribution in [2.45, 2.75) is 31.7 Å². The average molecular weight is 271 g/mol. The molecular formula is C17H25N3. The standard InChI is InChI=1S/C17H25N3/c1-2-6-17-16(5-1)19(10-11-20(17)15-7-8-15)13-14-4-3-9-18-12-14/h1-2,5-6,14-15,18H,3-4,7-13H2. The monoisotopic (exact) mass is 271 g/mol. The maximum absolute atomic E-state index is 3.55. The Balaban J connectivity index is 1.53. The number of piperidine rings is 1. The van der Waals surface area contributed by atoms with Gasteiger partial charge in [0.1, 0.15) is 0 Å². The molecule has 1 aromatic rings. The molecule has 0 bridgehead atoms. The maximum atomic E-state index is 3.55. The normalized spacial score (nSPS) is 26.5. The van der Waals surface area contributed by atoms with Crippen molar-refractivity contribution in [2.24, 2.45) is 5.92 Å². The van der Waals surface area contributed by atoms with Crippen LogP contribution in [0.25, 0.3) is 0 Å². The van der Waals surface area contributed by atoms with E-state index in [1.54, 1.807) is 0 Å². The van der Waals surface area contributed by atoms with E-state index in [0.29, 0.717) is 0 Å². The summed E-state index contributed by atoms with van der Waals surface area (Å²) in [5.41, 5.74) is 2.95. The third-order valence-electron chi connectivity index (χ3n) is 5.01. The second kappa shape index (κ2) is 5.28. The van der Waals surface area contributed by atoms with Crippen molar-refractivity contribution in [3.8, 4) is 0 Å². The summed E-state index contributed by atoms with van der Waals surface area (Å²) in [6, 6.07) is 9.86. The molecule has 1 saturated carbocycles. The topological polar surface area (TPSA) is 18.5 Å². The van der Waals surface area contributed by atoms with Crippen molar-refractivity contribution in [1.82, 2.24) is 5.32 Å². The number of anilines is 2. The molecule has 20 heavy (non-hydrogen) atoms. The van der Waals surface area contributed by atoms with Gasteiger partial charge in [-0.05, 0) is 56.8 Å². The second-order valence-electron chi connectivity index (χ2n) is 6.57. The molecule has 2 fully saturated rings. The number of fused-ring (bicyclic) bond motifs is 1. The minimum Gasteiger partial charge on any atom is -0.368 e. The maximum Gasteiger partial charge on any atom is 0.0607 e. The van der Waals surface area contributed by atoms with Crippen LogP contribution in [-0.4, -0.2) is 38.8 Å². The number of benzene rings is 1. The van der Waals surface area contributed by atoms with E-state index in [1.165, 1.54) is 69.8 Å². The van der Waals surface area contributed by atoms with E-state index in [4.69, 9.17) is 0 Å². The number of nitrogens with one attached hydrogen (secondary N) is 1. The number of nitrogens with zero attached hydrogens (tertiary/aromatic N) is 2. The lowest BCUT2D eigenvalue weighted by molar-refractivity contribution is 0.376. The van der Waals surface area contributed by atoms with Crippen LogP contribution in [0.1, 0.15) is 25.7 Å². The lowest BCUT2D eigenvalue weighted by Gasteiger charge is -2.41. The summed E-state index contributed by atoms with van der Waals surface area (Å²) < 4.78 is 0. The van der Waals surface area contributed by atoms with E-state index < -0.39 is 0 Å². The number of hydrogen-bond donors (Lipinski definition) is 1. The molecule has 1 saturated heterocycles. The third kappa shape index (κ3) is 2.39. The van der Waals surface area contributed by atoms with E-state index in [2.05, 4.69) is 39.4 Å². The number of hydrogen-bond acceptors (Lipinski definition) is 3. The zero-order valence-corrected chi connectivity index (χ0v) is 12.2. The zero-order chi connectivity index (χ0) is 13.4. The smallest absolute Gasteiger partial charge is 0.0607 e. The van der Waals surface area contributed by atoms with Gasteiger partial charge >= 0.3 is 0 Å². The summed E-state index contributed by atoms with van der Waals surface area (Å²) in [6.45, 7) is 6.04. The average Bonchev–Trinajstić information content (AvgIpc) is 3.33. The first kappa shape index (κ1) is 12.5. The summed E-state index contributed by atoms with van der Waals surface area (Å²) in [5.74, 6) is 0.823. The Labute approximate surface area is 121 Å². The fourth-order valence-electron chi connectivity index (χ4n) is 3.79. The van der Waals surface area contributed by atoms with Gasteiger partial charge in [0, 0.05) is 25.7 Å². The van der Waals surface area contributed by atoms with Crippen LogP contribution < -0.4 is 15.1 Å². The van der Waals surface area contributed by atoms with E-state index >= 15 is 0 Å². The van der Waals surface area contributed by atoms with E-state index in [1.807, 2.05) is 0 Å². The highest BCUT2D eigenvalue weighted by Crippen LogP contribution is 2.40. The van der Waals surface area contributed by atoms with Crippen molar-refractivity contribution in [3.05, 3.63) is 24.3 Å². The van der Waals surface area contributed by atoms with Crippen LogP contribution in [0.2, 0.25) is 0 Å². The number of para-hydroxylation sites is 2. The predicted octanol–water partition coefficient (Wildman–Crippen LogP) is 2.48. The van der Waals surface area contributed by atoms with Crippen molar-refractivity contribution < 1.29 is 0 Å². The van der Waals surface area contributed by atoms with Crippen LogP contribution in [0.5, 0.6) is 0 Å². The molecule has 1 aromatic carbocycles. The van der Waals surface area contributed by atoms with E-state index in [9.17, 15) is 0 Å². The van der Waals surface area contributed by atoms with Crippen LogP contribution in [0.4, 0.5) is 11.4 Å². The molecule has 1 N–H and O–H groups in total. The van der Waals surface area contributed by atoms with Gasteiger partial charge in [-0.1, -0.05) is 12.1 Å². The van der Waals surface area contributed by atoms with Crippen molar-refractivity contribution in [3.63, 3.8) is 0 Å². The fourth-order valence-corrected chi connectivity index (χ4v) is 3.79. The summed E-state index contributed by atoms with van der Waals surface area (Å²) in [7, 11) is 0. The Hall–Kier alpha value is -1.22. The van der Waals surface area contributed by atoms with Gasteiger partial charge in [0.15, 0.2) is 0 Å². The van der Waals surface area contributed by atoms with Crippen molar-refractivity contribution in [2.75, 3.05) is 42.5 Å². The molecule has 1 unspecified atom stereocenters. The molecule has 2 heterocycles. The molecule has 4 rings (SSSR count). The first-order valence-corrected chi connectivity index (χ1v) is 8.23.